The summed E-state index contributed by atoms with van der Waals surface area (Å²) < 4.78 is 5.95. The Morgan fingerprint density at radius 1 is 1.18 bits per heavy atom. The molecule has 90 valence electrons. The molecule has 2 aromatic rings. The first-order valence-electron chi connectivity index (χ1n) is 5.89. The van der Waals surface area contributed by atoms with E-state index in [9.17, 15) is 0 Å². The highest BCUT2D eigenvalue weighted by molar-refractivity contribution is 5.93. The number of hydrogen-bond acceptors (Lipinski definition) is 3. The molecule has 0 aliphatic rings. The molecule has 1 atom stereocenters. The average Bonchev–Trinajstić information content (AvgIpc) is 2.33. The summed E-state index contributed by atoms with van der Waals surface area (Å²) in [4.78, 5) is 4.29. The van der Waals surface area contributed by atoms with Crippen molar-refractivity contribution in [1.29, 1.82) is 0 Å². The van der Waals surface area contributed by atoms with Crippen LogP contribution in [0.3, 0.4) is 0 Å². The van der Waals surface area contributed by atoms with E-state index < -0.39 is 0 Å². The van der Waals surface area contributed by atoms with E-state index in [1.54, 1.807) is 6.20 Å². The number of nitrogens with zero attached hydrogens (tertiary/aromatic N) is 1. The zero-order valence-corrected chi connectivity index (χ0v) is 10.5. The first-order chi connectivity index (χ1) is 8.09. The molecule has 0 saturated carbocycles. The number of fused-ring (bicyclic) bond motifs is 1. The second-order valence-corrected chi connectivity index (χ2v) is 4.62. The minimum Gasteiger partial charge on any atom is -0.490 e. The fraction of sp³-hybridized carbons (Fsp3) is 0.357. The van der Waals surface area contributed by atoms with Crippen molar-refractivity contribution < 1.29 is 4.74 Å². The quantitative estimate of drug-likeness (QED) is 0.823. The zero-order chi connectivity index (χ0) is 12.4. The van der Waals surface area contributed by atoms with Gasteiger partial charge in [-0.25, -0.2) is 0 Å². The molecule has 1 aromatic carbocycles. The van der Waals surface area contributed by atoms with Gasteiger partial charge in [0, 0.05) is 11.6 Å². The Morgan fingerprint density at radius 2 is 1.94 bits per heavy atom. The van der Waals surface area contributed by atoms with Crippen LogP contribution in [-0.4, -0.2) is 11.1 Å². The van der Waals surface area contributed by atoms with Crippen molar-refractivity contribution in [3.63, 3.8) is 0 Å². The summed E-state index contributed by atoms with van der Waals surface area (Å²) in [6.07, 6.45) is 1.91. The normalized spacial score (nSPS) is 12.9. The highest BCUT2D eigenvalue weighted by Crippen LogP contribution is 2.29. The van der Waals surface area contributed by atoms with Crippen LogP contribution in [0.2, 0.25) is 0 Å². The smallest absolute Gasteiger partial charge is 0.129 e. The fourth-order valence-electron chi connectivity index (χ4n) is 1.61. The monoisotopic (exact) mass is 230 g/mol. The van der Waals surface area contributed by atoms with Crippen molar-refractivity contribution >= 4 is 16.6 Å². The number of ether oxygens (including phenoxy) is 1. The summed E-state index contributed by atoms with van der Waals surface area (Å²) in [5.74, 6) is 1.32. The summed E-state index contributed by atoms with van der Waals surface area (Å²) in [5, 5.41) is 0.972. The Balaban J connectivity index is 2.45. The predicted octanol–water partition coefficient (Wildman–Crippen LogP) is 3.24. The van der Waals surface area contributed by atoms with Crippen LogP contribution in [0.5, 0.6) is 5.75 Å². The van der Waals surface area contributed by atoms with Gasteiger partial charge in [0.05, 0.1) is 17.3 Å². The van der Waals surface area contributed by atoms with Crippen LogP contribution in [0, 0.1) is 5.92 Å². The molecular weight excluding hydrogens is 212 g/mol. The van der Waals surface area contributed by atoms with Crippen LogP contribution in [0.25, 0.3) is 10.9 Å². The van der Waals surface area contributed by atoms with Crippen LogP contribution < -0.4 is 10.5 Å². The lowest BCUT2D eigenvalue weighted by Crippen LogP contribution is -2.18. The number of anilines is 1. The molecule has 0 saturated heterocycles. The number of hydrogen-bond donors (Lipinski definition) is 1. The number of pyridine rings is 1. The van der Waals surface area contributed by atoms with Crippen molar-refractivity contribution in [2.75, 3.05) is 5.73 Å². The number of nitrogens with two attached hydrogens (primary N) is 1. The van der Waals surface area contributed by atoms with Crippen LogP contribution >= 0.6 is 0 Å². The molecule has 0 fully saturated rings. The van der Waals surface area contributed by atoms with Gasteiger partial charge in [-0.15, -0.1) is 0 Å². The lowest BCUT2D eigenvalue weighted by atomic mass is 10.1. The molecule has 0 aliphatic carbocycles. The summed E-state index contributed by atoms with van der Waals surface area (Å²) >= 11 is 0. The van der Waals surface area contributed by atoms with Gasteiger partial charge < -0.3 is 10.5 Å². The first kappa shape index (κ1) is 11.7. The van der Waals surface area contributed by atoms with Crippen molar-refractivity contribution in [3.8, 4) is 5.75 Å². The summed E-state index contributed by atoms with van der Waals surface area (Å²) in [7, 11) is 0. The van der Waals surface area contributed by atoms with Gasteiger partial charge in [0.2, 0.25) is 0 Å². The third kappa shape index (κ3) is 2.33. The third-order valence-corrected chi connectivity index (χ3v) is 3.01. The molecule has 17 heavy (non-hydrogen) atoms. The van der Waals surface area contributed by atoms with Crippen LogP contribution in [-0.2, 0) is 0 Å². The lowest BCUT2D eigenvalue weighted by Gasteiger charge is -2.19. The highest BCUT2D eigenvalue weighted by atomic mass is 16.5. The van der Waals surface area contributed by atoms with Crippen molar-refractivity contribution in [3.05, 3.63) is 30.5 Å². The number of benzene rings is 1. The zero-order valence-electron chi connectivity index (χ0n) is 10.5. The Kier molecular flexibility index (Phi) is 3.18. The van der Waals surface area contributed by atoms with Gasteiger partial charge in [-0.3, -0.25) is 4.98 Å². The first-order valence-corrected chi connectivity index (χ1v) is 5.89. The van der Waals surface area contributed by atoms with Gasteiger partial charge in [0.15, 0.2) is 0 Å². The van der Waals surface area contributed by atoms with Crippen molar-refractivity contribution in [2.24, 2.45) is 5.92 Å². The van der Waals surface area contributed by atoms with E-state index in [0.717, 1.165) is 16.7 Å². The summed E-state index contributed by atoms with van der Waals surface area (Å²) in [6.45, 7) is 6.36. The lowest BCUT2D eigenvalue weighted by molar-refractivity contribution is 0.173. The molecule has 0 bridgehead atoms. The van der Waals surface area contributed by atoms with E-state index in [4.69, 9.17) is 10.5 Å². The fourth-order valence-corrected chi connectivity index (χ4v) is 1.61. The number of aromatic nitrogens is 1. The maximum atomic E-state index is 5.95. The second-order valence-electron chi connectivity index (χ2n) is 4.62. The molecule has 0 amide bonds. The molecule has 1 heterocycles. The van der Waals surface area contributed by atoms with E-state index in [1.165, 1.54) is 0 Å². The van der Waals surface area contributed by atoms with Gasteiger partial charge in [0.1, 0.15) is 5.75 Å². The molecule has 1 aromatic heterocycles. The van der Waals surface area contributed by atoms with E-state index in [0.29, 0.717) is 11.6 Å². The summed E-state index contributed by atoms with van der Waals surface area (Å²) in [6, 6.07) is 7.64. The van der Waals surface area contributed by atoms with Crippen LogP contribution in [0.1, 0.15) is 20.8 Å². The standard InChI is InChI=1S/C14H18N2O/c1-9(2)10(3)17-13-7-6-12(15)14-11(13)5-4-8-16-14/h4-10H,15H2,1-3H3. The molecule has 0 spiro atoms. The van der Waals surface area contributed by atoms with E-state index in [-0.39, 0.29) is 6.10 Å². The minimum absolute atomic E-state index is 0.169. The van der Waals surface area contributed by atoms with Gasteiger partial charge in [-0.1, -0.05) is 13.8 Å². The number of rotatable bonds is 3. The van der Waals surface area contributed by atoms with E-state index >= 15 is 0 Å². The van der Waals surface area contributed by atoms with Crippen molar-refractivity contribution in [2.45, 2.75) is 26.9 Å². The minimum atomic E-state index is 0.169. The Hall–Kier alpha value is -1.77. The predicted molar refractivity (Wildman–Crippen MR) is 71.1 cm³/mol. The molecule has 0 aliphatic heterocycles. The molecule has 2 rings (SSSR count). The average molecular weight is 230 g/mol. The van der Waals surface area contributed by atoms with Gasteiger partial charge >= 0.3 is 0 Å². The van der Waals surface area contributed by atoms with E-state index in [2.05, 4.69) is 25.8 Å². The molecular formula is C14H18N2O. The maximum Gasteiger partial charge on any atom is 0.129 e. The molecule has 1 unspecified atom stereocenters. The number of nitrogen functional groups attached to an aromatic ring is 1. The Morgan fingerprint density at radius 3 is 2.65 bits per heavy atom. The maximum absolute atomic E-state index is 5.95. The van der Waals surface area contributed by atoms with Crippen LogP contribution in [0.4, 0.5) is 5.69 Å². The van der Waals surface area contributed by atoms with Gasteiger partial charge in [-0.2, -0.15) is 0 Å². The molecule has 3 nitrogen and oxygen atoms in total. The SMILES string of the molecule is CC(C)C(C)Oc1ccc(N)c2ncccc12. The highest BCUT2D eigenvalue weighted by Gasteiger charge is 2.12. The Bertz CT molecular complexity index is 523. The largest absolute Gasteiger partial charge is 0.490 e. The topological polar surface area (TPSA) is 48.1 Å². The van der Waals surface area contributed by atoms with Crippen LogP contribution in [0.15, 0.2) is 30.5 Å². The second kappa shape index (κ2) is 4.62. The Labute approximate surface area is 102 Å². The summed E-state index contributed by atoms with van der Waals surface area (Å²) in [5.41, 5.74) is 7.39. The van der Waals surface area contributed by atoms with Gasteiger partial charge in [0.25, 0.3) is 0 Å². The third-order valence-electron chi connectivity index (χ3n) is 3.01. The molecule has 2 N–H and O–H groups in total. The molecule has 3 heteroatoms. The van der Waals surface area contributed by atoms with Crippen molar-refractivity contribution in [1.82, 2.24) is 4.98 Å². The van der Waals surface area contributed by atoms with E-state index in [1.807, 2.05) is 24.3 Å². The molecule has 0 radical (unpaired) electrons. The van der Waals surface area contributed by atoms with Gasteiger partial charge in [-0.05, 0) is 37.1 Å².